The second-order valence-electron chi connectivity index (χ2n) is 6.84. The molecule has 0 bridgehead atoms. The van der Waals surface area contributed by atoms with Gasteiger partial charge in [-0.2, -0.15) is 10.2 Å². The Labute approximate surface area is 166 Å². The summed E-state index contributed by atoms with van der Waals surface area (Å²) < 4.78 is 22.0. The number of fused-ring (bicyclic) bond motifs is 1. The largest absolute Gasteiger partial charge is 0.493 e. The lowest BCUT2D eigenvalue weighted by Gasteiger charge is -2.23. The van der Waals surface area contributed by atoms with E-state index in [1.807, 2.05) is 24.3 Å². The van der Waals surface area contributed by atoms with Gasteiger partial charge in [-0.15, -0.1) is 0 Å². The zero-order chi connectivity index (χ0) is 20.3. The van der Waals surface area contributed by atoms with E-state index in [2.05, 4.69) is 25.0 Å². The van der Waals surface area contributed by atoms with Crippen LogP contribution in [0.1, 0.15) is 48.9 Å². The molecule has 0 aliphatic carbocycles. The third kappa shape index (κ3) is 3.51. The standard InChI is InChI=1S/C22H28N2O4/c1-7-15-13(2)23-24-22(14-8-9-18(25-3)19(10-14)26-4)17-12-21(28-6)20(27-5)11-16(15)17/h8-13,15,22H,7H2,1-6H3. The molecule has 0 saturated heterocycles. The summed E-state index contributed by atoms with van der Waals surface area (Å²) in [7, 11) is 6.57. The molecule has 1 aliphatic heterocycles. The van der Waals surface area contributed by atoms with Crippen LogP contribution in [0.15, 0.2) is 40.6 Å². The summed E-state index contributed by atoms with van der Waals surface area (Å²) in [6.07, 6.45) is 0.960. The molecule has 3 rings (SSSR count). The molecule has 2 aromatic carbocycles. The Morgan fingerprint density at radius 3 is 1.89 bits per heavy atom. The number of hydrogen-bond acceptors (Lipinski definition) is 6. The second kappa shape index (κ2) is 8.50. The summed E-state index contributed by atoms with van der Waals surface area (Å²) in [5.74, 6) is 3.01. The molecule has 6 nitrogen and oxygen atoms in total. The van der Waals surface area contributed by atoms with Crippen molar-refractivity contribution in [2.45, 2.75) is 38.3 Å². The Bertz CT molecular complexity index is 866. The van der Waals surface area contributed by atoms with Gasteiger partial charge >= 0.3 is 0 Å². The van der Waals surface area contributed by atoms with E-state index in [1.165, 1.54) is 5.56 Å². The van der Waals surface area contributed by atoms with Crippen LogP contribution in [-0.2, 0) is 0 Å². The molecule has 0 spiro atoms. The van der Waals surface area contributed by atoms with Gasteiger partial charge in [-0.05, 0) is 54.3 Å². The summed E-state index contributed by atoms with van der Waals surface area (Å²) >= 11 is 0. The lowest BCUT2D eigenvalue weighted by atomic mass is 9.84. The Morgan fingerprint density at radius 2 is 1.32 bits per heavy atom. The van der Waals surface area contributed by atoms with Crippen molar-refractivity contribution in [2.24, 2.45) is 10.2 Å². The normalized spacial score (nSPS) is 20.9. The van der Waals surface area contributed by atoms with Crippen LogP contribution in [0.3, 0.4) is 0 Å². The fraction of sp³-hybridized carbons (Fsp3) is 0.455. The first-order valence-corrected chi connectivity index (χ1v) is 9.45. The maximum absolute atomic E-state index is 5.56. The summed E-state index contributed by atoms with van der Waals surface area (Å²) in [5.41, 5.74) is 3.25. The highest BCUT2D eigenvalue weighted by Gasteiger charge is 2.30. The monoisotopic (exact) mass is 384 g/mol. The first kappa shape index (κ1) is 20.0. The van der Waals surface area contributed by atoms with Gasteiger partial charge in [-0.3, -0.25) is 0 Å². The second-order valence-corrected chi connectivity index (χ2v) is 6.84. The molecule has 1 heterocycles. The molecule has 28 heavy (non-hydrogen) atoms. The molecular formula is C22H28N2O4. The van der Waals surface area contributed by atoms with Gasteiger partial charge in [0, 0.05) is 5.92 Å². The van der Waals surface area contributed by atoms with Gasteiger partial charge in [0.05, 0.1) is 34.5 Å². The van der Waals surface area contributed by atoms with E-state index in [1.54, 1.807) is 28.4 Å². The predicted molar refractivity (Wildman–Crippen MR) is 108 cm³/mol. The topological polar surface area (TPSA) is 61.6 Å². The maximum atomic E-state index is 5.56. The Balaban J connectivity index is 2.21. The predicted octanol–water partition coefficient (Wildman–Crippen LogP) is 5.16. The van der Waals surface area contributed by atoms with Crippen molar-refractivity contribution in [3.63, 3.8) is 0 Å². The average molecular weight is 384 g/mol. The third-order valence-corrected chi connectivity index (χ3v) is 5.39. The van der Waals surface area contributed by atoms with E-state index in [0.717, 1.165) is 23.3 Å². The minimum atomic E-state index is -0.256. The third-order valence-electron chi connectivity index (χ3n) is 5.39. The van der Waals surface area contributed by atoms with Gasteiger partial charge in [0.25, 0.3) is 0 Å². The van der Waals surface area contributed by atoms with Crippen LogP contribution in [-0.4, -0.2) is 34.5 Å². The highest BCUT2D eigenvalue weighted by atomic mass is 16.5. The molecule has 0 N–H and O–H groups in total. The van der Waals surface area contributed by atoms with Crippen molar-refractivity contribution in [3.05, 3.63) is 47.0 Å². The molecule has 150 valence electrons. The number of azo groups is 1. The van der Waals surface area contributed by atoms with Gasteiger partial charge in [-0.1, -0.05) is 13.0 Å². The number of rotatable bonds is 6. The number of ether oxygens (including phenoxy) is 4. The first-order chi connectivity index (χ1) is 13.6. The quantitative estimate of drug-likeness (QED) is 0.690. The van der Waals surface area contributed by atoms with E-state index in [-0.39, 0.29) is 18.0 Å². The molecule has 0 fully saturated rings. The van der Waals surface area contributed by atoms with Crippen LogP contribution in [0.25, 0.3) is 0 Å². The lowest BCUT2D eigenvalue weighted by Crippen LogP contribution is -2.13. The van der Waals surface area contributed by atoms with Crippen molar-refractivity contribution in [1.82, 2.24) is 0 Å². The number of nitrogens with zero attached hydrogens (tertiary/aromatic N) is 2. The minimum Gasteiger partial charge on any atom is -0.493 e. The summed E-state index contributed by atoms with van der Waals surface area (Å²) in [5, 5.41) is 9.34. The van der Waals surface area contributed by atoms with E-state index < -0.39 is 0 Å². The van der Waals surface area contributed by atoms with Gasteiger partial charge in [0.2, 0.25) is 0 Å². The molecule has 0 aromatic heterocycles. The number of hydrogen-bond donors (Lipinski definition) is 0. The fourth-order valence-corrected chi connectivity index (χ4v) is 3.87. The molecule has 0 amide bonds. The zero-order valence-corrected chi connectivity index (χ0v) is 17.4. The molecule has 2 aromatic rings. The molecule has 0 saturated carbocycles. The SMILES string of the molecule is CCC1c2cc(OC)c(OC)cc2C(c2ccc(OC)c(OC)c2)N=NC1C. The highest BCUT2D eigenvalue weighted by Crippen LogP contribution is 2.45. The van der Waals surface area contributed by atoms with Gasteiger partial charge in [0.1, 0.15) is 6.04 Å². The Kier molecular flexibility index (Phi) is 6.07. The van der Waals surface area contributed by atoms with Gasteiger partial charge in [0.15, 0.2) is 23.0 Å². The molecular weight excluding hydrogens is 356 g/mol. The van der Waals surface area contributed by atoms with Crippen LogP contribution in [0.2, 0.25) is 0 Å². The van der Waals surface area contributed by atoms with E-state index >= 15 is 0 Å². The average Bonchev–Trinajstić information content (AvgIpc) is 2.87. The highest BCUT2D eigenvalue weighted by molar-refractivity contribution is 5.54. The van der Waals surface area contributed by atoms with Crippen LogP contribution in [0.5, 0.6) is 23.0 Å². The molecule has 0 radical (unpaired) electrons. The van der Waals surface area contributed by atoms with Crippen LogP contribution in [0.4, 0.5) is 0 Å². The van der Waals surface area contributed by atoms with Gasteiger partial charge < -0.3 is 18.9 Å². The van der Waals surface area contributed by atoms with Crippen LogP contribution < -0.4 is 18.9 Å². The van der Waals surface area contributed by atoms with Crippen molar-refractivity contribution in [2.75, 3.05) is 28.4 Å². The fourth-order valence-electron chi connectivity index (χ4n) is 3.87. The maximum Gasteiger partial charge on any atom is 0.161 e. The summed E-state index contributed by atoms with van der Waals surface area (Å²) in [6.45, 7) is 4.28. The summed E-state index contributed by atoms with van der Waals surface area (Å²) in [6, 6.07) is 9.77. The Hall–Kier alpha value is -2.76. The smallest absolute Gasteiger partial charge is 0.161 e. The van der Waals surface area contributed by atoms with Crippen LogP contribution in [0, 0.1) is 0 Å². The van der Waals surface area contributed by atoms with Crippen molar-refractivity contribution < 1.29 is 18.9 Å². The van der Waals surface area contributed by atoms with E-state index in [9.17, 15) is 0 Å². The van der Waals surface area contributed by atoms with Gasteiger partial charge in [-0.25, -0.2) is 0 Å². The molecule has 3 unspecified atom stereocenters. The number of benzene rings is 2. The first-order valence-electron chi connectivity index (χ1n) is 9.45. The number of methoxy groups -OCH3 is 4. The summed E-state index contributed by atoms with van der Waals surface area (Å²) in [4.78, 5) is 0. The lowest BCUT2D eigenvalue weighted by molar-refractivity contribution is 0.353. The zero-order valence-electron chi connectivity index (χ0n) is 17.4. The Morgan fingerprint density at radius 1 is 0.750 bits per heavy atom. The van der Waals surface area contributed by atoms with Crippen LogP contribution >= 0.6 is 0 Å². The molecule has 1 aliphatic rings. The molecule has 6 heteroatoms. The van der Waals surface area contributed by atoms with Crippen molar-refractivity contribution >= 4 is 0 Å². The minimum absolute atomic E-state index is 0.0759. The van der Waals surface area contributed by atoms with Crippen molar-refractivity contribution in [1.29, 1.82) is 0 Å². The van der Waals surface area contributed by atoms with E-state index in [0.29, 0.717) is 17.2 Å². The van der Waals surface area contributed by atoms with Crippen molar-refractivity contribution in [3.8, 4) is 23.0 Å². The van der Waals surface area contributed by atoms with E-state index in [4.69, 9.17) is 24.1 Å². The molecule has 3 atom stereocenters.